The summed E-state index contributed by atoms with van der Waals surface area (Å²) in [6.45, 7) is 0.990. The van der Waals surface area contributed by atoms with Crippen LogP contribution in [0.15, 0.2) is 24.5 Å². The summed E-state index contributed by atoms with van der Waals surface area (Å²) >= 11 is 0. The smallest absolute Gasteiger partial charge is 0.270 e. The van der Waals surface area contributed by atoms with E-state index in [9.17, 15) is 15.2 Å². The molecular weight excluding hydrogens is 236 g/mol. The fourth-order valence-electron chi connectivity index (χ4n) is 2.02. The van der Waals surface area contributed by atoms with Crippen molar-refractivity contribution in [3.63, 3.8) is 0 Å². The van der Waals surface area contributed by atoms with Crippen molar-refractivity contribution in [3.05, 3.63) is 34.6 Å². The number of fused-ring (bicyclic) bond motifs is 1. The monoisotopic (exact) mass is 246 g/mol. The molecule has 0 radical (unpaired) electrons. The lowest BCUT2D eigenvalue weighted by Gasteiger charge is -2.37. The number of aliphatic hydroxyl groups is 1. The minimum atomic E-state index is -0.443. The molecule has 0 bridgehead atoms. The molecule has 1 aliphatic rings. The number of benzene rings is 1. The molecule has 0 aliphatic carbocycles. The zero-order valence-electron chi connectivity index (χ0n) is 9.35. The maximum Gasteiger partial charge on any atom is 0.270 e. The molecule has 18 heavy (non-hydrogen) atoms. The van der Waals surface area contributed by atoms with Gasteiger partial charge in [0.15, 0.2) is 0 Å². The van der Waals surface area contributed by atoms with Gasteiger partial charge in [-0.05, 0) is 6.07 Å². The molecule has 0 amide bonds. The van der Waals surface area contributed by atoms with E-state index in [1.165, 1.54) is 18.5 Å². The highest BCUT2D eigenvalue weighted by molar-refractivity contribution is 5.91. The highest BCUT2D eigenvalue weighted by Crippen LogP contribution is 2.29. The third-order valence-electron chi connectivity index (χ3n) is 2.97. The van der Waals surface area contributed by atoms with Gasteiger partial charge in [0, 0.05) is 30.6 Å². The molecule has 1 aromatic carbocycles. The van der Waals surface area contributed by atoms with Crippen LogP contribution in [0.25, 0.3) is 10.9 Å². The summed E-state index contributed by atoms with van der Waals surface area (Å²) in [5.41, 5.74) is 0.673. The van der Waals surface area contributed by atoms with E-state index in [0.29, 0.717) is 29.8 Å². The second kappa shape index (κ2) is 3.88. The molecule has 0 unspecified atom stereocenters. The van der Waals surface area contributed by atoms with E-state index in [-0.39, 0.29) is 11.8 Å². The number of anilines is 1. The van der Waals surface area contributed by atoms with Crippen molar-refractivity contribution in [2.24, 2.45) is 0 Å². The molecule has 0 spiro atoms. The van der Waals surface area contributed by atoms with Crippen molar-refractivity contribution in [1.29, 1.82) is 0 Å². The molecule has 7 heteroatoms. The summed E-state index contributed by atoms with van der Waals surface area (Å²) in [7, 11) is 0. The van der Waals surface area contributed by atoms with Gasteiger partial charge in [0.25, 0.3) is 5.69 Å². The topological polar surface area (TPSA) is 92.4 Å². The number of nitro groups is 1. The van der Waals surface area contributed by atoms with E-state index in [1.54, 1.807) is 6.07 Å². The van der Waals surface area contributed by atoms with Crippen molar-refractivity contribution in [1.82, 2.24) is 9.97 Å². The molecule has 2 aromatic rings. The molecular formula is C11H10N4O3. The van der Waals surface area contributed by atoms with Crippen LogP contribution >= 0.6 is 0 Å². The van der Waals surface area contributed by atoms with Gasteiger partial charge in [-0.15, -0.1) is 0 Å². The zero-order valence-corrected chi connectivity index (χ0v) is 9.35. The van der Waals surface area contributed by atoms with Gasteiger partial charge in [-0.25, -0.2) is 9.97 Å². The molecule has 7 nitrogen and oxygen atoms in total. The van der Waals surface area contributed by atoms with Gasteiger partial charge in [-0.2, -0.15) is 0 Å². The maximum absolute atomic E-state index is 10.8. The molecule has 1 aliphatic heterocycles. The number of nitrogens with zero attached hydrogens (tertiary/aromatic N) is 4. The summed E-state index contributed by atoms with van der Waals surface area (Å²) in [5.74, 6) is 0.633. The maximum atomic E-state index is 10.8. The summed E-state index contributed by atoms with van der Waals surface area (Å²) in [5, 5.41) is 20.7. The lowest BCUT2D eigenvalue weighted by atomic mass is 10.1. The van der Waals surface area contributed by atoms with Gasteiger partial charge >= 0.3 is 0 Å². The first-order valence-electron chi connectivity index (χ1n) is 5.47. The first-order valence-corrected chi connectivity index (χ1v) is 5.47. The van der Waals surface area contributed by atoms with E-state index in [4.69, 9.17) is 0 Å². The Bertz CT molecular complexity index is 625. The summed E-state index contributed by atoms with van der Waals surface area (Å²) in [6, 6.07) is 4.49. The van der Waals surface area contributed by atoms with Crippen LogP contribution < -0.4 is 4.90 Å². The van der Waals surface area contributed by atoms with Crippen molar-refractivity contribution in [2.75, 3.05) is 18.0 Å². The highest BCUT2D eigenvalue weighted by atomic mass is 16.6. The van der Waals surface area contributed by atoms with Crippen LogP contribution in [-0.4, -0.2) is 39.2 Å². The van der Waals surface area contributed by atoms with Crippen LogP contribution in [0, 0.1) is 10.1 Å². The third-order valence-corrected chi connectivity index (χ3v) is 2.97. The van der Waals surface area contributed by atoms with E-state index >= 15 is 0 Å². The number of hydrogen-bond donors (Lipinski definition) is 1. The Balaban J connectivity index is 2.12. The third kappa shape index (κ3) is 1.65. The normalized spacial score (nSPS) is 15.7. The number of rotatable bonds is 2. The van der Waals surface area contributed by atoms with Crippen LogP contribution in [0.4, 0.5) is 11.5 Å². The average Bonchev–Trinajstić information content (AvgIpc) is 2.33. The Kier molecular flexibility index (Phi) is 2.34. The second-order valence-corrected chi connectivity index (χ2v) is 4.21. The molecule has 1 fully saturated rings. The number of aliphatic hydroxyl groups excluding tert-OH is 1. The largest absolute Gasteiger partial charge is 0.389 e. The predicted molar refractivity (Wildman–Crippen MR) is 64.4 cm³/mol. The average molecular weight is 246 g/mol. The number of non-ortho nitro benzene ring substituents is 1. The van der Waals surface area contributed by atoms with Crippen molar-refractivity contribution < 1.29 is 10.0 Å². The fourth-order valence-corrected chi connectivity index (χ4v) is 2.02. The van der Waals surface area contributed by atoms with E-state index in [1.807, 2.05) is 4.90 Å². The number of nitro benzene ring substituents is 1. The lowest BCUT2D eigenvalue weighted by molar-refractivity contribution is -0.384. The number of β-amino-alcohol motifs (C(OH)–C–C–N with tert-alkyl or cyclic N) is 1. The van der Waals surface area contributed by atoms with E-state index in [0.717, 1.165) is 0 Å². The molecule has 0 saturated carbocycles. The van der Waals surface area contributed by atoms with Crippen LogP contribution in [0.5, 0.6) is 0 Å². The van der Waals surface area contributed by atoms with Gasteiger partial charge < -0.3 is 10.0 Å². The molecule has 1 saturated heterocycles. The van der Waals surface area contributed by atoms with Gasteiger partial charge in [-0.3, -0.25) is 10.1 Å². The summed E-state index contributed by atoms with van der Waals surface area (Å²) < 4.78 is 0. The van der Waals surface area contributed by atoms with Crippen LogP contribution in [0.3, 0.4) is 0 Å². The molecule has 1 N–H and O–H groups in total. The Hall–Kier alpha value is -2.28. The highest BCUT2D eigenvalue weighted by Gasteiger charge is 2.27. The van der Waals surface area contributed by atoms with Gasteiger partial charge in [-0.1, -0.05) is 0 Å². The Morgan fingerprint density at radius 1 is 1.39 bits per heavy atom. The zero-order chi connectivity index (χ0) is 12.7. The first kappa shape index (κ1) is 10.8. The van der Waals surface area contributed by atoms with Crippen molar-refractivity contribution >= 4 is 22.4 Å². The fraction of sp³-hybridized carbons (Fsp3) is 0.273. The summed E-state index contributed by atoms with van der Waals surface area (Å²) in [6.07, 6.45) is 1.07. The molecule has 0 atom stereocenters. The van der Waals surface area contributed by atoms with Crippen molar-refractivity contribution in [2.45, 2.75) is 6.10 Å². The van der Waals surface area contributed by atoms with E-state index in [2.05, 4.69) is 9.97 Å². The van der Waals surface area contributed by atoms with Crippen molar-refractivity contribution in [3.8, 4) is 0 Å². The Labute approximate surface area is 102 Å². The second-order valence-electron chi connectivity index (χ2n) is 4.21. The quantitative estimate of drug-likeness (QED) is 0.620. The van der Waals surface area contributed by atoms with Gasteiger partial charge in [0.05, 0.1) is 16.5 Å². The molecule has 1 aromatic heterocycles. The number of aromatic nitrogens is 2. The summed E-state index contributed by atoms with van der Waals surface area (Å²) in [4.78, 5) is 20.4. The molecule has 92 valence electrons. The van der Waals surface area contributed by atoms with Gasteiger partial charge in [0.2, 0.25) is 0 Å². The predicted octanol–water partition coefficient (Wildman–Crippen LogP) is 0.719. The van der Waals surface area contributed by atoms with Gasteiger partial charge in [0.1, 0.15) is 12.1 Å². The minimum absolute atomic E-state index is 0.0135. The standard InChI is InChI=1S/C11H10N4O3/c16-8-4-14(5-8)11-9-3-7(15(17)18)1-2-10(9)12-6-13-11/h1-3,6,8,16H,4-5H2. The first-order chi connectivity index (χ1) is 8.65. The number of hydrogen-bond acceptors (Lipinski definition) is 6. The molecule has 2 heterocycles. The lowest BCUT2D eigenvalue weighted by Crippen LogP contribution is -2.51. The Morgan fingerprint density at radius 2 is 2.17 bits per heavy atom. The Morgan fingerprint density at radius 3 is 2.83 bits per heavy atom. The SMILES string of the molecule is O=[N+]([O-])c1ccc2ncnc(N3CC(O)C3)c2c1. The van der Waals surface area contributed by atoms with Crippen LogP contribution in [-0.2, 0) is 0 Å². The van der Waals surface area contributed by atoms with Crippen LogP contribution in [0.2, 0.25) is 0 Å². The molecule has 3 rings (SSSR count). The minimum Gasteiger partial charge on any atom is -0.389 e. The van der Waals surface area contributed by atoms with E-state index < -0.39 is 4.92 Å². The van der Waals surface area contributed by atoms with Crippen LogP contribution in [0.1, 0.15) is 0 Å².